The second-order valence-corrected chi connectivity index (χ2v) is 8.26. The second kappa shape index (κ2) is 9.97. The van der Waals surface area contributed by atoms with Crippen LogP contribution in [-0.4, -0.2) is 46.5 Å². The molecule has 0 unspecified atom stereocenters. The SMILES string of the molecule is O=C(N/C=C/C[C@H]1C[C@@H]2C[C@@H](O)C[C@@H](Cc3cccc(O)c3C(=O)O1)O2)c1ccccc1. The van der Waals surface area contributed by atoms with Gasteiger partial charge in [0, 0.05) is 24.6 Å². The molecule has 7 nitrogen and oxygen atoms in total. The minimum absolute atomic E-state index is 0.134. The number of fused-ring (bicyclic) bond motifs is 3. The van der Waals surface area contributed by atoms with Gasteiger partial charge in [-0.05, 0) is 43.0 Å². The van der Waals surface area contributed by atoms with Crippen LogP contribution in [0.3, 0.4) is 0 Å². The number of phenols is 1. The van der Waals surface area contributed by atoms with Crippen LogP contribution in [0.15, 0.2) is 60.8 Å². The number of carbonyl (C=O) groups excluding carboxylic acids is 2. The van der Waals surface area contributed by atoms with Gasteiger partial charge >= 0.3 is 5.97 Å². The molecule has 1 saturated heterocycles. The number of carbonyl (C=O) groups is 2. The van der Waals surface area contributed by atoms with Crippen LogP contribution in [-0.2, 0) is 15.9 Å². The van der Waals surface area contributed by atoms with Crippen molar-refractivity contribution in [1.82, 2.24) is 5.32 Å². The monoisotopic (exact) mass is 437 g/mol. The van der Waals surface area contributed by atoms with Crippen LogP contribution in [0.2, 0.25) is 0 Å². The standard InChI is InChI=1S/C25H27NO6/c27-18-13-20-12-17-8-4-10-22(28)23(17)25(30)32-19(15-21(14-18)31-20)9-5-11-26-24(29)16-6-2-1-3-7-16/h1-8,10-11,18-21,27-28H,9,12-15H2,(H,26,29)/b11-5+/t18-,19-,20+,21-/m0/s1. The Kier molecular flexibility index (Phi) is 6.87. The molecular formula is C25H27NO6. The molecule has 168 valence electrons. The van der Waals surface area contributed by atoms with Gasteiger partial charge in [0.25, 0.3) is 5.91 Å². The van der Waals surface area contributed by atoms with Gasteiger partial charge in [0.05, 0.1) is 18.3 Å². The molecule has 0 radical (unpaired) electrons. The lowest BCUT2D eigenvalue weighted by atomic mass is 9.91. The third kappa shape index (κ3) is 5.36. The lowest BCUT2D eigenvalue weighted by molar-refractivity contribution is -0.109. The van der Waals surface area contributed by atoms with Gasteiger partial charge in [-0.1, -0.05) is 36.4 Å². The van der Waals surface area contributed by atoms with Gasteiger partial charge in [-0.15, -0.1) is 0 Å². The number of cyclic esters (lactones) is 1. The summed E-state index contributed by atoms with van der Waals surface area (Å²) in [5.41, 5.74) is 1.32. The predicted octanol–water partition coefficient (Wildman–Crippen LogP) is 3.11. The Morgan fingerprint density at radius 3 is 2.66 bits per heavy atom. The molecule has 0 aromatic heterocycles. The van der Waals surface area contributed by atoms with Crippen molar-refractivity contribution in [1.29, 1.82) is 0 Å². The normalized spacial score (nSPS) is 25.6. The summed E-state index contributed by atoms with van der Waals surface area (Å²) in [7, 11) is 0. The summed E-state index contributed by atoms with van der Waals surface area (Å²) in [6, 6.07) is 13.8. The van der Waals surface area contributed by atoms with Crippen LogP contribution >= 0.6 is 0 Å². The van der Waals surface area contributed by atoms with Crippen LogP contribution in [0.5, 0.6) is 5.75 Å². The molecule has 2 aromatic carbocycles. The van der Waals surface area contributed by atoms with Gasteiger partial charge in [0.2, 0.25) is 0 Å². The smallest absolute Gasteiger partial charge is 0.342 e. The number of hydrogen-bond acceptors (Lipinski definition) is 6. The van der Waals surface area contributed by atoms with E-state index in [1.165, 1.54) is 12.3 Å². The molecular weight excluding hydrogens is 410 g/mol. The Morgan fingerprint density at radius 2 is 1.84 bits per heavy atom. The van der Waals surface area contributed by atoms with E-state index < -0.39 is 18.2 Å². The van der Waals surface area contributed by atoms with Crippen LogP contribution in [0.4, 0.5) is 0 Å². The Labute approximate surface area is 186 Å². The molecule has 2 aliphatic rings. The van der Waals surface area contributed by atoms with Gasteiger partial charge < -0.3 is 25.0 Å². The maximum atomic E-state index is 12.9. The number of amides is 1. The van der Waals surface area contributed by atoms with E-state index >= 15 is 0 Å². The molecule has 2 aliphatic heterocycles. The zero-order chi connectivity index (χ0) is 22.5. The van der Waals surface area contributed by atoms with E-state index in [9.17, 15) is 19.8 Å². The molecule has 2 heterocycles. The van der Waals surface area contributed by atoms with Gasteiger partial charge in [-0.25, -0.2) is 4.79 Å². The number of rotatable bonds is 4. The average Bonchev–Trinajstić information content (AvgIpc) is 2.76. The Bertz CT molecular complexity index is 989. The zero-order valence-electron chi connectivity index (χ0n) is 17.6. The number of ether oxygens (including phenoxy) is 2. The summed E-state index contributed by atoms with van der Waals surface area (Å²) < 4.78 is 11.9. The van der Waals surface area contributed by atoms with Crippen molar-refractivity contribution in [2.75, 3.05) is 0 Å². The van der Waals surface area contributed by atoms with Gasteiger partial charge in [0.1, 0.15) is 17.4 Å². The Morgan fingerprint density at radius 1 is 1.06 bits per heavy atom. The number of esters is 1. The number of aliphatic hydroxyl groups is 1. The highest BCUT2D eigenvalue weighted by molar-refractivity contribution is 5.95. The number of aliphatic hydroxyl groups excluding tert-OH is 1. The van der Waals surface area contributed by atoms with Crippen molar-refractivity contribution in [2.24, 2.45) is 0 Å². The fourth-order valence-electron chi connectivity index (χ4n) is 4.33. The summed E-state index contributed by atoms with van der Waals surface area (Å²) in [6.07, 6.45) is 3.91. The maximum Gasteiger partial charge on any atom is 0.342 e. The quantitative estimate of drug-likeness (QED) is 0.635. The van der Waals surface area contributed by atoms with E-state index in [0.29, 0.717) is 43.2 Å². The van der Waals surface area contributed by atoms with Gasteiger partial charge in [-0.3, -0.25) is 4.79 Å². The van der Waals surface area contributed by atoms with E-state index in [1.807, 2.05) is 6.07 Å². The molecule has 0 aliphatic carbocycles. The van der Waals surface area contributed by atoms with E-state index in [4.69, 9.17) is 9.47 Å². The fraction of sp³-hybridized carbons (Fsp3) is 0.360. The number of nitrogens with one attached hydrogen (secondary N) is 1. The lowest BCUT2D eigenvalue weighted by Crippen LogP contribution is -2.40. The molecule has 4 atom stereocenters. The molecule has 2 bridgehead atoms. The number of benzene rings is 2. The molecule has 1 fully saturated rings. The molecule has 2 aromatic rings. The van der Waals surface area contributed by atoms with Crippen molar-refractivity contribution in [3.63, 3.8) is 0 Å². The third-order valence-electron chi connectivity index (χ3n) is 5.80. The highest BCUT2D eigenvalue weighted by Gasteiger charge is 2.34. The minimum Gasteiger partial charge on any atom is -0.507 e. The lowest BCUT2D eigenvalue weighted by Gasteiger charge is -2.36. The Hall–Kier alpha value is -3.16. The van der Waals surface area contributed by atoms with Crippen molar-refractivity contribution in [2.45, 2.75) is 56.5 Å². The van der Waals surface area contributed by atoms with Crippen molar-refractivity contribution in [3.8, 4) is 5.75 Å². The van der Waals surface area contributed by atoms with Gasteiger partial charge in [-0.2, -0.15) is 0 Å². The molecule has 4 rings (SSSR count). The topological polar surface area (TPSA) is 105 Å². The van der Waals surface area contributed by atoms with E-state index in [0.717, 1.165) is 0 Å². The Balaban J connectivity index is 1.48. The first-order valence-corrected chi connectivity index (χ1v) is 10.9. The first-order chi connectivity index (χ1) is 15.5. The van der Waals surface area contributed by atoms with Crippen molar-refractivity contribution < 1.29 is 29.3 Å². The van der Waals surface area contributed by atoms with Crippen LogP contribution in [0, 0.1) is 0 Å². The van der Waals surface area contributed by atoms with Crippen molar-refractivity contribution >= 4 is 11.9 Å². The first-order valence-electron chi connectivity index (χ1n) is 10.9. The third-order valence-corrected chi connectivity index (χ3v) is 5.80. The first kappa shape index (κ1) is 22.0. The van der Waals surface area contributed by atoms with Crippen LogP contribution in [0.1, 0.15) is 52.0 Å². The highest BCUT2D eigenvalue weighted by Crippen LogP contribution is 2.32. The fourth-order valence-corrected chi connectivity index (χ4v) is 4.33. The maximum absolute atomic E-state index is 12.9. The molecule has 3 N–H and O–H groups in total. The van der Waals surface area contributed by atoms with E-state index in [-0.39, 0.29) is 29.4 Å². The zero-order valence-corrected chi connectivity index (χ0v) is 17.6. The summed E-state index contributed by atoms with van der Waals surface area (Å²) >= 11 is 0. The van der Waals surface area contributed by atoms with Gasteiger partial charge in [0.15, 0.2) is 0 Å². The van der Waals surface area contributed by atoms with Crippen molar-refractivity contribution in [3.05, 3.63) is 77.5 Å². The summed E-state index contributed by atoms with van der Waals surface area (Å²) in [4.78, 5) is 25.1. The summed E-state index contributed by atoms with van der Waals surface area (Å²) in [6.45, 7) is 0. The van der Waals surface area contributed by atoms with E-state index in [1.54, 1.807) is 42.5 Å². The molecule has 1 amide bonds. The minimum atomic E-state index is -0.578. The highest BCUT2D eigenvalue weighted by atomic mass is 16.5. The molecule has 7 heteroatoms. The number of hydrogen-bond donors (Lipinski definition) is 3. The largest absolute Gasteiger partial charge is 0.507 e. The van der Waals surface area contributed by atoms with Crippen LogP contribution in [0.25, 0.3) is 0 Å². The molecule has 32 heavy (non-hydrogen) atoms. The molecule has 0 saturated carbocycles. The molecule has 0 spiro atoms. The summed E-state index contributed by atoms with van der Waals surface area (Å²) in [5.74, 6) is -0.944. The summed E-state index contributed by atoms with van der Waals surface area (Å²) in [5, 5.41) is 23.3. The number of aromatic hydroxyl groups is 1. The predicted molar refractivity (Wildman–Crippen MR) is 117 cm³/mol. The number of phenolic OH excluding ortho intramolecular Hbond substituents is 1. The average molecular weight is 437 g/mol. The van der Waals surface area contributed by atoms with Crippen LogP contribution < -0.4 is 5.32 Å². The second-order valence-electron chi connectivity index (χ2n) is 8.26. The van der Waals surface area contributed by atoms with E-state index in [2.05, 4.69) is 5.32 Å².